The number of pyridine rings is 1. The molecule has 3 heterocycles. The van der Waals surface area contributed by atoms with Crippen molar-refractivity contribution in [3.63, 3.8) is 0 Å². The summed E-state index contributed by atoms with van der Waals surface area (Å²) < 4.78 is 0. The highest BCUT2D eigenvalue weighted by Gasteiger charge is 2.22. The molecular formula is C21H24N4O3. The third-order valence-electron chi connectivity index (χ3n) is 5.58. The van der Waals surface area contributed by atoms with Gasteiger partial charge in [-0.15, -0.1) is 0 Å². The SMILES string of the molecule is CN1C(=O)CCc2cc(-c3cncc(N4CCN(CC(=O)O)CC4)c3)ccc21. The van der Waals surface area contributed by atoms with Crippen molar-refractivity contribution in [1.82, 2.24) is 9.88 Å². The molecule has 1 amide bonds. The van der Waals surface area contributed by atoms with Crippen molar-refractivity contribution >= 4 is 23.3 Å². The molecule has 0 bridgehead atoms. The molecule has 2 aromatic rings. The van der Waals surface area contributed by atoms with Crippen LogP contribution in [-0.4, -0.2) is 66.6 Å². The van der Waals surface area contributed by atoms with Gasteiger partial charge in [-0.05, 0) is 35.7 Å². The van der Waals surface area contributed by atoms with Crippen molar-refractivity contribution in [3.8, 4) is 11.1 Å². The lowest BCUT2D eigenvalue weighted by atomic mass is 9.96. The summed E-state index contributed by atoms with van der Waals surface area (Å²) in [7, 11) is 1.83. The lowest BCUT2D eigenvalue weighted by Gasteiger charge is -2.35. The van der Waals surface area contributed by atoms with E-state index in [4.69, 9.17) is 5.11 Å². The summed E-state index contributed by atoms with van der Waals surface area (Å²) in [5, 5.41) is 8.94. The number of nitrogens with zero attached hydrogens (tertiary/aromatic N) is 4. The van der Waals surface area contributed by atoms with Gasteiger partial charge in [-0.1, -0.05) is 6.07 Å². The van der Waals surface area contributed by atoms with Crippen molar-refractivity contribution in [2.75, 3.05) is 49.6 Å². The minimum absolute atomic E-state index is 0.0954. The van der Waals surface area contributed by atoms with E-state index in [0.29, 0.717) is 6.42 Å². The van der Waals surface area contributed by atoms with Crippen LogP contribution >= 0.6 is 0 Å². The first kappa shape index (κ1) is 18.4. The standard InChI is InChI=1S/C21H24N4O3/c1-23-19-4-2-15(10-16(19)3-5-20(23)26)17-11-18(13-22-12-17)25-8-6-24(7-9-25)14-21(27)28/h2,4,10-13H,3,5-9,14H2,1H3,(H,27,28). The predicted octanol–water partition coefficient (Wildman–Crippen LogP) is 1.86. The molecule has 2 aliphatic heterocycles. The fourth-order valence-corrected chi connectivity index (χ4v) is 3.95. The molecule has 28 heavy (non-hydrogen) atoms. The highest BCUT2D eigenvalue weighted by atomic mass is 16.4. The second kappa shape index (κ2) is 7.59. The van der Waals surface area contributed by atoms with Gasteiger partial charge in [0.15, 0.2) is 0 Å². The lowest BCUT2D eigenvalue weighted by molar-refractivity contribution is -0.138. The van der Waals surface area contributed by atoms with E-state index >= 15 is 0 Å². The van der Waals surface area contributed by atoms with Crippen molar-refractivity contribution in [1.29, 1.82) is 0 Å². The summed E-state index contributed by atoms with van der Waals surface area (Å²) in [6.07, 6.45) is 5.04. The third-order valence-corrected chi connectivity index (χ3v) is 5.58. The van der Waals surface area contributed by atoms with E-state index in [9.17, 15) is 9.59 Å². The third kappa shape index (κ3) is 3.71. The number of hydrogen-bond donors (Lipinski definition) is 1. The molecule has 1 saturated heterocycles. The zero-order chi connectivity index (χ0) is 19.7. The summed E-state index contributed by atoms with van der Waals surface area (Å²) >= 11 is 0. The Hall–Kier alpha value is -2.93. The maximum Gasteiger partial charge on any atom is 0.317 e. The summed E-state index contributed by atoms with van der Waals surface area (Å²) in [5.41, 5.74) is 5.37. The van der Waals surface area contributed by atoms with Crippen LogP contribution in [0.4, 0.5) is 11.4 Å². The van der Waals surface area contributed by atoms with Crippen LogP contribution in [-0.2, 0) is 16.0 Å². The van der Waals surface area contributed by atoms with Crippen LogP contribution in [0.2, 0.25) is 0 Å². The van der Waals surface area contributed by atoms with Gasteiger partial charge in [-0.25, -0.2) is 0 Å². The van der Waals surface area contributed by atoms with Gasteiger partial charge in [0.2, 0.25) is 5.91 Å². The van der Waals surface area contributed by atoms with Gasteiger partial charge < -0.3 is 14.9 Å². The topological polar surface area (TPSA) is 77.0 Å². The van der Waals surface area contributed by atoms with Crippen LogP contribution in [0.5, 0.6) is 0 Å². The quantitative estimate of drug-likeness (QED) is 0.873. The summed E-state index contributed by atoms with van der Waals surface area (Å²) in [6.45, 7) is 3.13. The summed E-state index contributed by atoms with van der Waals surface area (Å²) in [5.74, 6) is -0.622. The Morgan fingerprint density at radius 2 is 1.86 bits per heavy atom. The summed E-state index contributed by atoms with van der Waals surface area (Å²) in [6, 6.07) is 8.35. The highest BCUT2D eigenvalue weighted by Crippen LogP contribution is 2.32. The van der Waals surface area contributed by atoms with Crippen molar-refractivity contribution < 1.29 is 14.7 Å². The maximum atomic E-state index is 11.9. The molecule has 0 radical (unpaired) electrons. The van der Waals surface area contributed by atoms with Gasteiger partial charge in [-0.2, -0.15) is 0 Å². The van der Waals surface area contributed by atoms with Gasteiger partial charge in [0.05, 0.1) is 18.4 Å². The molecule has 1 fully saturated rings. The number of rotatable bonds is 4. The molecule has 7 nitrogen and oxygen atoms in total. The molecule has 0 spiro atoms. The second-order valence-electron chi connectivity index (χ2n) is 7.38. The number of aliphatic carboxylic acids is 1. The van der Waals surface area contributed by atoms with Crippen LogP contribution < -0.4 is 9.80 Å². The molecule has 1 aromatic carbocycles. The van der Waals surface area contributed by atoms with Gasteiger partial charge in [0, 0.05) is 57.1 Å². The molecular weight excluding hydrogens is 356 g/mol. The smallest absolute Gasteiger partial charge is 0.317 e. The highest BCUT2D eigenvalue weighted by molar-refractivity contribution is 5.96. The van der Waals surface area contributed by atoms with Crippen LogP contribution in [0.1, 0.15) is 12.0 Å². The van der Waals surface area contributed by atoms with Gasteiger partial charge in [0.25, 0.3) is 0 Å². The molecule has 0 atom stereocenters. The minimum atomic E-state index is -0.781. The number of carbonyl (C=O) groups is 2. The number of carboxylic acid groups (broad SMARTS) is 1. The summed E-state index contributed by atoms with van der Waals surface area (Å²) in [4.78, 5) is 33.1. The Morgan fingerprint density at radius 1 is 1.07 bits per heavy atom. The fraction of sp³-hybridized carbons (Fsp3) is 0.381. The maximum absolute atomic E-state index is 11.9. The van der Waals surface area contributed by atoms with Gasteiger partial charge in [-0.3, -0.25) is 19.5 Å². The van der Waals surface area contributed by atoms with E-state index in [0.717, 1.165) is 55.1 Å². The second-order valence-corrected chi connectivity index (χ2v) is 7.38. The Kier molecular flexibility index (Phi) is 5.00. The predicted molar refractivity (Wildman–Crippen MR) is 108 cm³/mol. The van der Waals surface area contributed by atoms with E-state index < -0.39 is 5.97 Å². The molecule has 1 N–H and O–H groups in total. The number of carbonyl (C=O) groups excluding carboxylic acids is 1. The first-order valence-corrected chi connectivity index (χ1v) is 9.55. The number of benzene rings is 1. The van der Waals surface area contributed by atoms with E-state index in [1.807, 2.05) is 36.5 Å². The molecule has 1 aromatic heterocycles. The monoisotopic (exact) mass is 380 g/mol. The lowest BCUT2D eigenvalue weighted by Crippen LogP contribution is -2.48. The Morgan fingerprint density at radius 3 is 2.61 bits per heavy atom. The first-order chi connectivity index (χ1) is 13.5. The number of anilines is 2. The van der Waals surface area contributed by atoms with Crippen molar-refractivity contribution in [2.45, 2.75) is 12.8 Å². The Balaban J connectivity index is 1.52. The van der Waals surface area contributed by atoms with E-state index in [-0.39, 0.29) is 12.5 Å². The molecule has 0 unspecified atom stereocenters. The van der Waals surface area contributed by atoms with Crippen LogP contribution in [0.15, 0.2) is 36.7 Å². The molecule has 7 heteroatoms. The molecule has 0 aliphatic carbocycles. The number of aryl methyl sites for hydroxylation is 1. The van der Waals surface area contributed by atoms with Crippen molar-refractivity contribution in [3.05, 3.63) is 42.2 Å². The van der Waals surface area contributed by atoms with Crippen LogP contribution in [0.3, 0.4) is 0 Å². The number of carboxylic acids is 1. The first-order valence-electron chi connectivity index (χ1n) is 9.55. The van der Waals surface area contributed by atoms with Gasteiger partial charge in [0.1, 0.15) is 0 Å². The molecule has 4 rings (SSSR count). The zero-order valence-electron chi connectivity index (χ0n) is 16.0. The number of fused-ring (bicyclic) bond motifs is 1. The van der Waals surface area contributed by atoms with Crippen LogP contribution in [0.25, 0.3) is 11.1 Å². The Labute approximate surface area is 164 Å². The number of aromatic nitrogens is 1. The largest absolute Gasteiger partial charge is 0.480 e. The van der Waals surface area contributed by atoms with Crippen LogP contribution in [0, 0.1) is 0 Å². The molecule has 0 saturated carbocycles. The normalized spacial score (nSPS) is 17.5. The fourth-order valence-electron chi connectivity index (χ4n) is 3.95. The zero-order valence-corrected chi connectivity index (χ0v) is 16.0. The molecule has 146 valence electrons. The van der Waals surface area contributed by atoms with Gasteiger partial charge >= 0.3 is 5.97 Å². The number of piperazine rings is 1. The average Bonchev–Trinajstić information content (AvgIpc) is 2.71. The minimum Gasteiger partial charge on any atom is -0.480 e. The average molecular weight is 380 g/mol. The van der Waals surface area contributed by atoms with E-state index in [1.54, 1.807) is 4.90 Å². The molecule has 2 aliphatic rings. The van der Waals surface area contributed by atoms with E-state index in [2.05, 4.69) is 22.0 Å². The van der Waals surface area contributed by atoms with E-state index in [1.165, 1.54) is 5.56 Å². The number of amides is 1. The number of hydrogen-bond acceptors (Lipinski definition) is 5. The van der Waals surface area contributed by atoms with Crippen molar-refractivity contribution in [2.24, 2.45) is 0 Å². The Bertz CT molecular complexity index is 906.